The van der Waals surface area contributed by atoms with E-state index >= 15 is 0 Å². The van der Waals surface area contributed by atoms with Crippen molar-refractivity contribution < 1.29 is 18.7 Å². The molecule has 1 N–H and O–H groups in total. The van der Waals surface area contributed by atoms with E-state index in [-0.39, 0.29) is 6.42 Å². The Morgan fingerprint density at radius 2 is 1.21 bits per heavy atom. The summed E-state index contributed by atoms with van der Waals surface area (Å²) in [6, 6.07) is 19.1. The van der Waals surface area contributed by atoms with Gasteiger partial charge in [-0.2, -0.15) is 8.78 Å². The number of unbranched alkanes of at least 4 members (excludes halogenated alkanes) is 7. The summed E-state index contributed by atoms with van der Waals surface area (Å²) in [6.07, 6.45) is 8.03. The molecule has 0 aliphatic rings. The molecule has 0 radical (unpaired) electrons. The zero-order chi connectivity index (χ0) is 20.2. The highest BCUT2D eigenvalue weighted by Crippen LogP contribution is 2.23. The van der Waals surface area contributed by atoms with Crippen LogP contribution in [0.1, 0.15) is 63.4 Å². The fourth-order valence-corrected chi connectivity index (χ4v) is 3.34. The molecule has 4 heteroatoms. The van der Waals surface area contributed by atoms with Crippen LogP contribution < -0.4 is 0 Å². The van der Waals surface area contributed by atoms with E-state index in [0.717, 1.165) is 38.5 Å². The summed E-state index contributed by atoms with van der Waals surface area (Å²) < 4.78 is 25.8. The van der Waals surface area contributed by atoms with Crippen LogP contribution in [0.3, 0.4) is 0 Å². The first kappa shape index (κ1) is 22.1. The number of carboxylic acids is 1. The van der Waals surface area contributed by atoms with Crippen LogP contribution in [0.4, 0.5) is 8.78 Å². The van der Waals surface area contributed by atoms with Crippen LogP contribution in [-0.4, -0.2) is 17.0 Å². The zero-order valence-corrected chi connectivity index (χ0v) is 16.4. The number of hydrogen-bond acceptors (Lipinski definition) is 1. The zero-order valence-electron chi connectivity index (χ0n) is 16.4. The Hall–Kier alpha value is -2.23. The minimum atomic E-state index is -3.57. The molecular weight excluding hydrogens is 358 g/mol. The second-order valence-corrected chi connectivity index (χ2v) is 7.40. The fourth-order valence-electron chi connectivity index (χ4n) is 3.34. The lowest BCUT2D eigenvalue weighted by Crippen LogP contribution is -2.27. The van der Waals surface area contributed by atoms with Crippen molar-refractivity contribution in [3.05, 3.63) is 60.2 Å². The van der Waals surface area contributed by atoms with Crippen LogP contribution in [0, 0.1) is 0 Å². The molecule has 2 rings (SSSR count). The predicted octanol–water partition coefficient (Wildman–Crippen LogP) is 7.13. The summed E-state index contributed by atoms with van der Waals surface area (Å²) in [5.41, 5.74) is 3.84. The van der Waals surface area contributed by atoms with Gasteiger partial charge in [0.2, 0.25) is 0 Å². The topological polar surface area (TPSA) is 37.3 Å². The molecule has 152 valence electrons. The number of aryl methyl sites for hydroxylation is 1. The van der Waals surface area contributed by atoms with Gasteiger partial charge in [0, 0.05) is 6.42 Å². The van der Waals surface area contributed by atoms with Gasteiger partial charge in [0.05, 0.1) is 0 Å². The molecule has 0 aliphatic carbocycles. The van der Waals surface area contributed by atoms with E-state index in [9.17, 15) is 13.6 Å². The number of hydrogen-bond donors (Lipinski definition) is 1. The molecule has 0 unspecified atom stereocenters. The molecule has 0 saturated carbocycles. The third-order valence-corrected chi connectivity index (χ3v) is 5.08. The summed E-state index contributed by atoms with van der Waals surface area (Å²) >= 11 is 0. The van der Waals surface area contributed by atoms with Crippen molar-refractivity contribution in [3.63, 3.8) is 0 Å². The Labute approximate surface area is 166 Å². The summed E-state index contributed by atoms with van der Waals surface area (Å²) in [7, 11) is 0. The summed E-state index contributed by atoms with van der Waals surface area (Å²) in [5, 5.41) is 8.36. The smallest absolute Gasteiger partial charge is 0.374 e. The number of carbonyl (C=O) groups is 1. The quantitative estimate of drug-likeness (QED) is 0.371. The average Bonchev–Trinajstić information content (AvgIpc) is 2.70. The van der Waals surface area contributed by atoms with Crippen LogP contribution in [0.15, 0.2) is 54.6 Å². The van der Waals surface area contributed by atoms with Gasteiger partial charge in [0.15, 0.2) is 0 Å². The van der Waals surface area contributed by atoms with Crippen molar-refractivity contribution >= 4 is 5.97 Å². The van der Waals surface area contributed by atoms with Gasteiger partial charge < -0.3 is 5.11 Å². The Bertz CT molecular complexity index is 696. The standard InChI is InChI=1S/C24H30F2O2/c25-24(26,23(27)28)19-11-6-4-2-1-3-5-8-12-20-15-17-22(18-16-20)21-13-9-7-10-14-21/h7,9-10,13-18H,1-6,8,11-12,19H2,(H,27,28). The molecular formula is C24H30F2O2. The van der Waals surface area contributed by atoms with Gasteiger partial charge in [-0.05, 0) is 36.0 Å². The van der Waals surface area contributed by atoms with Crippen LogP contribution in [0.2, 0.25) is 0 Å². The van der Waals surface area contributed by atoms with E-state index in [0.29, 0.717) is 6.42 Å². The Kier molecular flexibility index (Phi) is 9.12. The highest BCUT2D eigenvalue weighted by molar-refractivity contribution is 5.75. The van der Waals surface area contributed by atoms with Crippen molar-refractivity contribution in [1.29, 1.82) is 0 Å². The third kappa shape index (κ3) is 7.79. The number of alkyl halides is 2. The van der Waals surface area contributed by atoms with E-state index in [2.05, 4.69) is 48.5 Å². The third-order valence-electron chi connectivity index (χ3n) is 5.08. The first-order valence-corrected chi connectivity index (χ1v) is 10.2. The van der Waals surface area contributed by atoms with Gasteiger partial charge in [0.1, 0.15) is 0 Å². The lowest BCUT2D eigenvalue weighted by atomic mass is 10.0. The minimum absolute atomic E-state index is 0.276. The SMILES string of the molecule is O=C(O)C(F)(F)CCCCCCCCCCc1ccc(-c2ccccc2)cc1. The molecule has 0 heterocycles. The van der Waals surface area contributed by atoms with Crippen LogP contribution in [0.5, 0.6) is 0 Å². The summed E-state index contributed by atoms with van der Waals surface area (Å²) in [4.78, 5) is 10.3. The van der Waals surface area contributed by atoms with Crippen molar-refractivity contribution in [2.75, 3.05) is 0 Å². The Balaban J connectivity index is 1.50. The molecule has 2 aromatic rings. The molecule has 0 spiro atoms. The second-order valence-electron chi connectivity index (χ2n) is 7.40. The van der Waals surface area contributed by atoms with Gasteiger partial charge in [-0.25, -0.2) is 4.79 Å². The van der Waals surface area contributed by atoms with Crippen LogP contribution >= 0.6 is 0 Å². The average molecular weight is 388 g/mol. The van der Waals surface area contributed by atoms with Gasteiger partial charge in [-0.3, -0.25) is 0 Å². The maximum Gasteiger partial charge on any atom is 0.374 e. The van der Waals surface area contributed by atoms with E-state index < -0.39 is 18.3 Å². The van der Waals surface area contributed by atoms with Gasteiger partial charge in [-0.15, -0.1) is 0 Å². The molecule has 0 amide bonds. The molecule has 0 aliphatic heterocycles. The molecule has 0 fully saturated rings. The Morgan fingerprint density at radius 1 is 0.714 bits per heavy atom. The molecule has 2 nitrogen and oxygen atoms in total. The maximum atomic E-state index is 12.9. The van der Waals surface area contributed by atoms with Crippen molar-refractivity contribution in [3.8, 4) is 11.1 Å². The van der Waals surface area contributed by atoms with Crippen molar-refractivity contribution in [1.82, 2.24) is 0 Å². The van der Waals surface area contributed by atoms with E-state index in [4.69, 9.17) is 5.11 Å². The molecule has 28 heavy (non-hydrogen) atoms. The van der Waals surface area contributed by atoms with Crippen LogP contribution in [0.25, 0.3) is 11.1 Å². The van der Waals surface area contributed by atoms with Gasteiger partial charge >= 0.3 is 11.9 Å². The minimum Gasteiger partial charge on any atom is -0.477 e. The first-order chi connectivity index (χ1) is 13.5. The lowest BCUT2D eigenvalue weighted by molar-refractivity contribution is -0.165. The second kappa shape index (κ2) is 11.6. The number of carboxylic acid groups (broad SMARTS) is 1. The van der Waals surface area contributed by atoms with Crippen LogP contribution in [-0.2, 0) is 11.2 Å². The highest BCUT2D eigenvalue weighted by Gasteiger charge is 2.37. The lowest BCUT2D eigenvalue weighted by Gasteiger charge is -2.10. The summed E-state index contributed by atoms with van der Waals surface area (Å²) in [5.74, 6) is -5.58. The van der Waals surface area contributed by atoms with Crippen molar-refractivity contribution in [2.24, 2.45) is 0 Å². The number of rotatable bonds is 13. The van der Waals surface area contributed by atoms with Crippen molar-refractivity contribution in [2.45, 2.75) is 70.1 Å². The molecule has 0 saturated heterocycles. The van der Waals surface area contributed by atoms with E-state index in [1.807, 2.05) is 6.07 Å². The monoisotopic (exact) mass is 388 g/mol. The summed E-state index contributed by atoms with van der Waals surface area (Å²) in [6.45, 7) is 0. The number of halogens is 2. The number of benzene rings is 2. The van der Waals surface area contributed by atoms with E-state index in [1.54, 1.807) is 0 Å². The fraction of sp³-hybridized carbons (Fsp3) is 0.458. The number of aliphatic carboxylic acids is 1. The molecule has 2 aromatic carbocycles. The first-order valence-electron chi connectivity index (χ1n) is 10.2. The Morgan fingerprint density at radius 3 is 1.79 bits per heavy atom. The molecule has 0 aromatic heterocycles. The highest BCUT2D eigenvalue weighted by atomic mass is 19.3. The largest absolute Gasteiger partial charge is 0.477 e. The van der Waals surface area contributed by atoms with E-state index in [1.165, 1.54) is 23.1 Å². The van der Waals surface area contributed by atoms with Gasteiger partial charge in [-0.1, -0.05) is 93.1 Å². The predicted molar refractivity (Wildman–Crippen MR) is 110 cm³/mol. The molecule has 0 atom stereocenters. The molecule has 0 bridgehead atoms. The maximum absolute atomic E-state index is 12.9. The van der Waals surface area contributed by atoms with Gasteiger partial charge in [0.25, 0.3) is 0 Å². The normalized spacial score (nSPS) is 11.5.